The average molecular weight is 448 g/mol. The lowest BCUT2D eigenvalue weighted by Gasteiger charge is -2.14. The standard InChI is InChI=1S/C25H29N5O3/c1-6-10-22-26-16(3)23-25(27-17-13-14-20(31-4)21(15-17)32-5)28-24(29-30(22)23)18-11-8-9-12-19(18)33-7-2/h8-9,11-15H,6-7,10H2,1-5H3,(H,27,28,29). The first-order valence-corrected chi connectivity index (χ1v) is 11.1. The van der Waals surface area contributed by atoms with Crippen molar-refractivity contribution in [3.8, 4) is 28.6 Å². The van der Waals surface area contributed by atoms with Gasteiger partial charge >= 0.3 is 0 Å². The van der Waals surface area contributed by atoms with Crippen molar-refractivity contribution in [3.05, 3.63) is 54.0 Å². The van der Waals surface area contributed by atoms with Crippen molar-refractivity contribution in [2.45, 2.75) is 33.6 Å². The predicted molar refractivity (Wildman–Crippen MR) is 129 cm³/mol. The van der Waals surface area contributed by atoms with E-state index in [0.29, 0.717) is 29.7 Å². The Bertz CT molecular complexity index is 1270. The maximum Gasteiger partial charge on any atom is 0.185 e. The smallest absolute Gasteiger partial charge is 0.185 e. The fourth-order valence-corrected chi connectivity index (χ4v) is 3.80. The fourth-order valence-electron chi connectivity index (χ4n) is 3.80. The minimum absolute atomic E-state index is 0.557. The van der Waals surface area contributed by atoms with Crippen LogP contribution in [-0.4, -0.2) is 40.4 Å². The van der Waals surface area contributed by atoms with Crippen LogP contribution in [0, 0.1) is 6.92 Å². The van der Waals surface area contributed by atoms with E-state index < -0.39 is 0 Å². The molecule has 0 atom stereocenters. The summed E-state index contributed by atoms with van der Waals surface area (Å²) in [7, 11) is 3.23. The lowest BCUT2D eigenvalue weighted by molar-refractivity contribution is 0.341. The number of ether oxygens (including phenoxy) is 3. The Hall–Kier alpha value is -3.81. The van der Waals surface area contributed by atoms with Crippen molar-refractivity contribution >= 4 is 17.0 Å². The van der Waals surface area contributed by atoms with Crippen LogP contribution < -0.4 is 19.5 Å². The molecule has 2 heterocycles. The number of hydrogen-bond acceptors (Lipinski definition) is 7. The second-order valence-electron chi connectivity index (χ2n) is 7.53. The van der Waals surface area contributed by atoms with Crippen LogP contribution in [0.4, 0.5) is 11.5 Å². The minimum Gasteiger partial charge on any atom is -0.493 e. The molecular formula is C25H29N5O3. The van der Waals surface area contributed by atoms with Crippen LogP contribution in [0.5, 0.6) is 17.2 Å². The number of rotatable bonds is 9. The normalized spacial score (nSPS) is 10.9. The van der Waals surface area contributed by atoms with E-state index in [0.717, 1.165) is 46.9 Å². The molecule has 8 heteroatoms. The minimum atomic E-state index is 0.557. The maximum atomic E-state index is 5.84. The number of benzene rings is 2. The molecule has 4 rings (SSSR count). The maximum absolute atomic E-state index is 5.84. The molecule has 0 unspecified atom stereocenters. The molecule has 2 aromatic heterocycles. The highest BCUT2D eigenvalue weighted by Gasteiger charge is 2.19. The van der Waals surface area contributed by atoms with Gasteiger partial charge in [0.1, 0.15) is 17.1 Å². The summed E-state index contributed by atoms with van der Waals surface area (Å²) in [6, 6.07) is 13.5. The van der Waals surface area contributed by atoms with Gasteiger partial charge in [0.2, 0.25) is 0 Å². The van der Waals surface area contributed by atoms with Crippen molar-refractivity contribution in [1.82, 2.24) is 19.6 Å². The van der Waals surface area contributed by atoms with Crippen molar-refractivity contribution in [2.75, 3.05) is 26.1 Å². The summed E-state index contributed by atoms with van der Waals surface area (Å²) in [5.74, 6) is 4.15. The molecule has 0 aliphatic heterocycles. The quantitative estimate of drug-likeness (QED) is 0.377. The lowest BCUT2D eigenvalue weighted by Crippen LogP contribution is -2.07. The summed E-state index contributed by atoms with van der Waals surface area (Å²) >= 11 is 0. The van der Waals surface area contributed by atoms with Gasteiger partial charge in [-0.25, -0.2) is 14.5 Å². The Morgan fingerprint density at radius 2 is 1.73 bits per heavy atom. The largest absolute Gasteiger partial charge is 0.493 e. The Labute approximate surface area is 193 Å². The fraction of sp³-hybridized carbons (Fsp3) is 0.320. The Kier molecular flexibility index (Phi) is 6.63. The molecule has 0 fully saturated rings. The van der Waals surface area contributed by atoms with Gasteiger partial charge in [0.15, 0.2) is 23.1 Å². The Balaban J connectivity index is 1.90. The van der Waals surface area contributed by atoms with Gasteiger partial charge in [0.05, 0.1) is 32.1 Å². The van der Waals surface area contributed by atoms with E-state index in [2.05, 4.69) is 12.2 Å². The molecule has 0 aliphatic carbocycles. The third-order valence-corrected chi connectivity index (χ3v) is 5.28. The summed E-state index contributed by atoms with van der Waals surface area (Å²) in [5.41, 5.74) is 3.34. The third kappa shape index (κ3) is 4.41. The number of para-hydroxylation sites is 1. The second-order valence-corrected chi connectivity index (χ2v) is 7.53. The van der Waals surface area contributed by atoms with Crippen LogP contribution in [0.1, 0.15) is 31.8 Å². The van der Waals surface area contributed by atoms with Gasteiger partial charge in [0.25, 0.3) is 0 Å². The Morgan fingerprint density at radius 3 is 2.45 bits per heavy atom. The molecule has 0 saturated heterocycles. The average Bonchev–Trinajstić information content (AvgIpc) is 3.15. The third-order valence-electron chi connectivity index (χ3n) is 5.28. The highest BCUT2D eigenvalue weighted by Crippen LogP contribution is 2.34. The van der Waals surface area contributed by atoms with Crippen molar-refractivity contribution < 1.29 is 14.2 Å². The molecule has 0 amide bonds. The van der Waals surface area contributed by atoms with Crippen LogP contribution in [0.25, 0.3) is 16.9 Å². The van der Waals surface area contributed by atoms with Crippen LogP contribution in [0.2, 0.25) is 0 Å². The van der Waals surface area contributed by atoms with Crippen LogP contribution in [0.3, 0.4) is 0 Å². The molecule has 0 aliphatic rings. The lowest BCUT2D eigenvalue weighted by atomic mass is 10.2. The summed E-state index contributed by atoms with van der Waals surface area (Å²) in [5, 5.41) is 8.31. The zero-order valence-corrected chi connectivity index (χ0v) is 19.7. The summed E-state index contributed by atoms with van der Waals surface area (Å²) in [4.78, 5) is 9.69. The number of aromatic nitrogens is 4. The molecule has 4 aromatic rings. The number of nitrogens with zero attached hydrogens (tertiary/aromatic N) is 4. The van der Waals surface area contributed by atoms with Gasteiger partial charge in [-0.3, -0.25) is 0 Å². The molecule has 33 heavy (non-hydrogen) atoms. The van der Waals surface area contributed by atoms with Gasteiger partial charge in [-0.1, -0.05) is 19.1 Å². The highest BCUT2D eigenvalue weighted by atomic mass is 16.5. The molecule has 0 bridgehead atoms. The first-order valence-electron chi connectivity index (χ1n) is 11.1. The summed E-state index contributed by atoms with van der Waals surface area (Å²) in [6.07, 6.45) is 1.78. The molecule has 8 nitrogen and oxygen atoms in total. The topological polar surface area (TPSA) is 82.8 Å². The zero-order valence-electron chi connectivity index (χ0n) is 19.7. The van der Waals surface area contributed by atoms with E-state index in [1.807, 2.05) is 60.8 Å². The summed E-state index contributed by atoms with van der Waals surface area (Å²) in [6.45, 7) is 6.63. The van der Waals surface area contributed by atoms with Crippen molar-refractivity contribution in [1.29, 1.82) is 0 Å². The van der Waals surface area contributed by atoms with E-state index >= 15 is 0 Å². The van der Waals surface area contributed by atoms with Gasteiger partial charge in [-0.05, 0) is 44.5 Å². The number of aryl methyl sites for hydroxylation is 2. The second kappa shape index (κ2) is 9.77. The molecular weight excluding hydrogens is 418 g/mol. The number of hydrogen-bond donors (Lipinski definition) is 1. The predicted octanol–water partition coefficient (Wildman–Crippen LogP) is 5.21. The number of fused-ring (bicyclic) bond motifs is 1. The van der Waals surface area contributed by atoms with Gasteiger partial charge in [-0.15, -0.1) is 5.10 Å². The number of methoxy groups -OCH3 is 2. The molecule has 2 aromatic carbocycles. The van der Waals surface area contributed by atoms with E-state index in [1.165, 1.54) is 0 Å². The van der Waals surface area contributed by atoms with Gasteiger partial charge in [0, 0.05) is 18.2 Å². The summed E-state index contributed by atoms with van der Waals surface area (Å²) < 4.78 is 18.6. The number of imidazole rings is 1. The Morgan fingerprint density at radius 1 is 0.939 bits per heavy atom. The monoisotopic (exact) mass is 447 g/mol. The number of nitrogens with one attached hydrogen (secondary N) is 1. The van der Waals surface area contributed by atoms with E-state index in [1.54, 1.807) is 14.2 Å². The van der Waals surface area contributed by atoms with Crippen molar-refractivity contribution in [3.63, 3.8) is 0 Å². The first-order chi connectivity index (χ1) is 16.1. The van der Waals surface area contributed by atoms with Crippen molar-refractivity contribution in [2.24, 2.45) is 0 Å². The molecule has 0 saturated carbocycles. The van der Waals surface area contributed by atoms with Crippen LogP contribution >= 0.6 is 0 Å². The van der Waals surface area contributed by atoms with Gasteiger partial charge in [-0.2, -0.15) is 0 Å². The molecule has 0 spiro atoms. The SMILES string of the molecule is CCCc1nc(C)c2c(Nc3ccc(OC)c(OC)c3)nc(-c3ccccc3OCC)nn12. The van der Waals surface area contributed by atoms with Crippen LogP contribution in [-0.2, 0) is 6.42 Å². The number of anilines is 2. The van der Waals surface area contributed by atoms with E-state index in [-0.39, 0.29) is 0 Å². The first kappa shape index (κ1) is 22.4. The molecule has 1 N–H and O–H groups in total. The zero-order chi connectivity index (χ0) is 23.4. The van der Waals surface area contributed by atoms with E-state index in [4.69, 9.17) is 29.3 Å². The molecule has 0 radical (unpaired) electrons. The van der Waals surface area contributed by atoms with Gasteiger partial charge < -0.3 is 19.5 Å². The van der Waals surface area contributed by atoms with Crippen LogP contribution in [0.15, 0.2) is 42.5 Å². The van der Waals surface area contributed by atoms with E-state index in [9.17, 15) is 0 Å². The molecule has 172 valence electrons. The highest BCUT2D eigenvalue weighted by molar-refractivity contribution is 5.78.